The van der Waals surface area contributed by atoms with Crippen LogP contribution in [0.5, 0.6) is 5.75 Å². The largest absolute Gasteiger partial charge is 0.497 e. The van der Waals surface area contributed by atoms with Gasteiger partial charge in [-0.25, -0.2) is 0 Å². The van der Waals surface area contributed by atoms with Crippen LogP contribution >= 0.6 is 0 Å². The topological polar surface area (TPSA) is 64.0 Å². The number of nitrogens with two attached hydrogens (primary N) is 1. The minimum Gasteiger partial charge on any atom is -0.497 e. The fourth-order valence-electron chi connectivity index (χ4n) is 2.55. The molecule has 3 aromatic rings. The van der Waals surface area contributed by atoms with Gasteiger partial charge in [0.15, 0.2) is 0 Å². The van der Waals surface area contributed by atoms with E-state index in [0.717, 1.165) is 22.2 Å². The van der Waals surface area contributed by atoms with E-state index in [4.69, 9.17) is 15.7 Å². The first-order valence-electron chi connectivity index (χ1n) is 6.62. The lowest BCUT2D eigenvalue weighted by atomic mass is 10.1. The van der Waals surface area contributed by atoms with Crippen molar-refractivity contribution in [2.24, 2.45) is 0 Å². The van der Waals surface area contributed by atoms with Gasteiger partial charge in [-0.1, -0.05) is 6.07 Å². The van der Waals surface area contributed by atoms with Crippen LogP contribution in [0.3, 0.4) is 0 Å². The van der Waals surface area contributed by atoms with Gasteiger partial charge < -0.3 is 15.0 Å². The molecular formula is C17H15N3O. The Bertz CT molecular complexity index is 843. The first kappa shape index (κ1) is 13.1. The summed E-state index contributed by atoms with van der Waals surface area (Å²) < 4.78 is 7.35. The van der Waals surface area contributed by atoms with Gasteiger partial charge in [0.1, 0.15) is 5.75 Å². The maximum Gasteiger partial charge on any atom is 0.121 e. The first-order valence-corrected chi connectivity index (χ1v) is 6.62. The van der Waals surface area contributed by atoms with Gasteiger partial charge in [0.25, 0.3) is 0 Å². The van der Waals surface area contributed by atoms with Crippen molar-refractivity contribution >= 4 is 16.6 Å². The lowest BCUT2D eigenvalue weighted by molar-refractivity contribution is 0.414. The van der Waals surface area contributed by atoms with Crippen LogP contribution in [0, 0.1) is 11.3 Å². The zero-order valence-electron chi connectivity index (χ0n) is 11.7. The zero-order valence-corrected chi connectivity index (χ0v) is 11.7. The Balaban J connectivity index is 2.03. The normalized spacial score (nSPS) is 10.5. The van der Waals surface area contributed by atoms with Crippen molar-refractivity contribution < 1.29 is 4.74 Å². The van der Waals surface area contributed by atoms with E-state index in [1.165, 1.54) is 0 Å². The van der Waals surface area contributed by atoms with E-state index in [2.05, 4.69) is 10.6 Å². The highest BCUT2D eigenvalue weighted by Gasteiger charge is 2.06. The van der Waals surface area contributed by atoms with E-state index < -0.39 is 0 Å². The summed E-state index contributed by atoms with van der Waals surface area (Å²) in [5.74, 6) is 0.749. The van der Waals surface area contributed by atoms with E-state index in [-0.39, 0.29) is 0 Å². The monoisotopic (exact) mass is 277 g/mol. The minimum atomic E-state index is 0.679. The quantitative estimate of drug-likeness (QED) is 0.748. The second-order valence-electron chi connectivity index (χ2n) is 4.91. The number of methoxy groups -OCH3 is 1. The van der Waals surface area contributed by atoms with Crippen molar-refractivity contribution in [1.29, 1.82) is 5.26 Å². The van der Waals surface area contributed by atoms with Crippen LogP contribution in [0.1, 0.15) is 11.1 Å². The van der Waals surface area contributed by atoms with Crippen LogP contribution in [-0.4, -0.2) is 11.7 Å². The van der Waals surface area contributed by atoms with Crippen LogP contribution in [0.2, 0.25) is 0 Å². The highest BCUT2D eigenvalue weighted by atomic mass is 16.5. The smallest absolute Gasteiger partial charge is 0.121 e. The maximum absolute atomic E-state index is 9.15. The molecular weight excluding hydrogens is 262 g/mol. The molecule has 1 heterocycles. The third-order valence-corrected chi connectivity index (χ3v) is 3.51. The second kappa shape index (κ2) is 5.22. The fourth-order valence-corrected chi connectivity index (χ4v) is 2.55. The van der Waals surface area contributed by atoms with Gasteiger partial charge in [-0.2, -0.15) is 5.26 Å². The first-order chi connectivity index (χ1) is 10.2. The van der Waals surface area contributed by atoms with Crippen molar-refractivity contribution in [3.63, 3.8) is 0 Å². The molecule has 0 amide bonds. The molecule has 0 aliphatic rings. The number of fused-ring (bicyclic) bond motifs is 1. The van der Waals surface area contributed by atoms with Gasteiger partial charge in [0, 0.05) is 35.4 Å². The summed E-state index contributed by atoms with van der Waals surface area (Å²) in [6.07, 6.45) is 1.99. The van der Waals surface area contributed by atoms with Crippen molar-refractivity contribution in [2.45, 2.75) is 6.54 Å². The molecule has 0 radical (unpaired) electrons. The molecule has 1 aromatic heterocycles. The molecule has 0 atom stereocenters. The lowest BCUT2D eigenvalue weighted by Gasteiger charge is -2.09. The number of nitrogens with zero attached hydrogens (tertiary/aromatic N) is 2. The number of ether oxygens (including phenoxy) is 1. The molecule has 0 saturated heterocycles. The molecule has 0 aliphatic carbocycles. The molecule has 0 saturated carbocycles. The number of rotatable bonds is 3. The summed E-state index contributed by atoms with van der Waals surface area (Å²) in [5, 5.41) is 10.1. The fraction of sp³-hybridized carbons (Fsp3) is 0.118. The highest BCUT2D eigenvalue weighted by molar-refractivity contribution is 5.86. The third kappa shape index (κ3) is 2.41. The molecule has 0 unspecified atom stereocenters. The standard InChI is InChI=1S/C17H15N3O/c1-21-15-8-12(7-14(19)9-15)11-20-6-5-16-13(10-18)3-2-4-17(16)20/h2-9H,11,19H2,1H3. The second-order valence-corrected chi connectivity index (χ2v) is 4.91. The molecule has 2 aromatic carbocycles. The molecule has 0 bridgehead atoms. The van der Waals surface area contributed by atoms with Crippen molar-refractivity contribution in [3.05, 3.63) is 59.8 Å². The molecule has 104 valence electrons. The summed E-state index contributed by atoms with van der Waals surface area (Å²) in [4.78, 5) is 0. The number of anilines is 1. The molecule has 0 aliphatic heterocycles. The van der Waals surface area contributed by atoms with Crippen LogP contribution in [0.4, 0.5) is 5.69 Å². The van der Waals surface area contributed by atoms with Gasteiger partial charge in [0.05, 0.1) is 18.7 Å². The SMILES string of the molecule is COc1cc(N)cc(Cn2ccc3c(C#N)cccc32)c1. The Morgan fingerprint density at radius 2 is 2.10 bits per heavy atom. The highest BCUT2D eigenvalue weighted by Crippen LogP contribution is 2.23. The average Bonchev–Trinajstić information content (AvgIpc) is 2.89. The lowest BCUT2D eigenvalue weighted by Crippen LogP contribution is -2.00. The van der Waals surface area contributed by atoms with Gasteiger partial charge in [-0.15, -0.1) is 0 Å². The summed E-state index contributed by atoms with van der Waals surface area (Å²) in [6.45, 7) is 0.680. The summed E-state index contributed by atoms with van der Waals surface area (Å²) in [5.41, 5.74) is 9.36. The number of hydrogen-bond donors (Lipinski definition) is 1. The van der Waals surface area contributed by atoms with Gasteiger partial charge >= 0.3 is 0 Å². The van der Waals surface area contributed by atoms with Crippen LogP contribution in [0.25, 0.3) is 10.9 Å². The maximum atomic E-state index is 9.15. The summed E-state index contributed by atoms with van der Waals surface area (Å²) >= 11 is 0. The molecule has 4 nitrogen and oxygen atoms in total. The number of benzene rings is 2. The van der Waals surface area contributed by atoms with E-state index in [1.807, 2.05) is 42.6 Å². The Hall–Kier alpha value is -2.93. The third-order valence-electron chi connectivity index (χ3n) is 3.51. The van der Waals surface area contributed by atoms with E-state index >= 15 is 0 Å². The average molecular weight is 277 g/mol. The number of nitrogen functional groups attached to an aromatic ring is 1. The van der Waals surface area contributed by atoms with Crippen molar-refractivity contribution in [2.75, 3.05) is 12.8 Å². The van der Waals surface area contributed by atoms with E-state index in [9.17, 15) is 0 Å². The van der Waals surface area contributed by atoms with Gasteiger partial charge in [-0.05, 0) is 35.9 Å². The zero-order chi connectivity index (χ0) is 14.8. The van der Waals surface area contributed by atoms with Gasteiger partial charge in [-0.3, -0.25) is 0 Å². The van der Waals surface area contributed by atoms with Crippen molar-refractivity contribution in [1.82, 2.24) is 4.57 Å². The molecule has 0 spiro atoms. The van der Waals surface area contributed by atoms with Gasteiger partial charge in [0.2, 0.25) is 0 Å². The summed E-state index contributed by atoms with van der Waals surface area (Å²) in [6, 6.07) is 15.6. The molecule has 2 N–H and O–H groups in total. The predicted octanol–water partition coefficient (Wildman–Crippen LogP) is 3.15. The van der Waals surface area contributed by atoms with E-state index in [1.54, 1.807) is 13.2 Å². The predicted molar refractivity (Wildman–Crippen MR) is 83.2 cm³/mol. The molecule has 0 fully saturated rings. The van der Waals surface area contributed by atoms with Crippen LogP contribution < -0.4 is 10.5 Å². The number of hydrogen-bond acceptors (Lipinski definition) is 3. The van der Waals surface area contributed by atoms with Crippen molar-refractivity contribution in [3.8, 4) is 11.8 Å². The Kier molecular flexibility index (Phi) is 3.25. The number of nitriles is 1. The van der Waals surface area contributed by atoms with E-state index in [0.29, 0.717) is 17.8 Å². The molecule has 21 heavy (non-hydrogen) atoms. The Morgan fingerprint density at radius 3 is 2.86 bits per heavy atom. The molecule has 3 rings (SSSR count). The molecule has 4 heteroatoms. The number of aromatic nitrogens is 1. The Labute approximate surface area is 123 Å². The minimum absolute atomic E-state index is 0.679. The Morgan fingerprint density at radius 1 is 1.24 bits per heavy atom. The van der Waals surface area contributed by atoms with Crippen LogP contribution in [0.15, 0.2) is 48.7 Å². The summed E-state index contributed by atoms with van der Waals surface area (Å²) in [7, 11) is 1.63. The van der Waals surface area contributed by atoms with Crippen LogP contribution in [-0.2, 0) is 6.54 Å².